The highest BCUT2D eigenvalue weighted by Crippen LogP contribution is 2.18. The van der Waals surface area contributed by atoms with Crippen LogP contribution in [-0.2, 0) is 28.5 Å². The molecule has 0 aliphatic heterocycles. The average molecular weight is 236 g/mol. The van der Waals surface area contributed by atoms with Gasteiger partial charge in [-0.15, -0.1) is 0 Å². The van der Waals surface area contributed by atoms with Gasteiger partial charge in [0.2, 0.25) is 0 Å². The van der Waals surface area contributed by atoms with E-state index in [1.807, 2.05) is 0 Å². The number of carbonyl (C=O) groups is 2. The van der Waals surface area contributed by atoms with E-state index in [-0.39, 0.29) is 12.5 Å². The number of rotatable bonds is 7. The molecule has 0 amide bonds. The molecule has 0 N–H and O–H groups in total. The van der Waals surface area contributed by atoms with Crippen LogP contribution in [0.2, 0.25) is 0 Å². The minimum Gasteiger partial charge on any atom is -0.373 e. The van der Waals surface area contributed by atoms with Crippen molar-refractivity contribution in [2.24, 2.45) is 0 Å². The predicted molar refractivity (Wildman–Crippen MR) is 57.0 cm³/mol. The maximum Gasteiger partial charge on any atom is 0.309 e. The lowest BCUT2D eigenvalue weighted by atomic mass is 10.3. The van der Waals surface area contributed by atoms with Crippen LogP contribution in [-0.4, -0.2) is 53.1 Å². The van der Waals surface area contributed by atoms with Crippen molar-refractivity contribution in [1.82, 2.24) is 0 Å². The molecule has 6 heteroatoms. The molecule has 0 saturated carbocycles. The molecule has 1 unspecified atom stereocenters. The minimum absolute atomic E-state index is 0.0278. The fourth-order valence-electron chi connectivity index (χ4n) is 0.932. The van der Waals surface area contributed by atoms with Crippen LogP contribution in [0, 0.1) is 0 Å². The Hall–Kier alpha value is -0.820. The number of hydrogen-bond acceptors (Lipinski definition) is 6. The fraction of sp³-hybridized carbons (Fsp3) is 0.800. The molecule has 0 aliphatic rings. The fourth-order valence-corrected chi connectivity index (χ4v) is 0.932. The van der Waals surface area contributed by atoms with Crippen molar-refractivity contribution in [2.45, 2.75) is 25.4 Å². The second-order valence-corrected chi connectivity index (χ2v) is 2.66. The first-order valence-electron chi connectivity index (χ1n) is 4.63. The third kappa shape index (κ3) is 5.92. The van der Waals surface area contributed by atoms with E-state index in [4.69, 9.17) is 18.9 Å². The maximum absolute atomic E-state index is 9.17. The Balaban J connectivity index is 0. The number of carbonyl (C=O) groups excluding carboxylic acids is 2. The molecule has 96 valence electrons. The van der Waals surface area contributed by atoms with Crippen LogP contribution >= 0.6 is 0 Å². The smallest absolute Gasteiger partial charge is 0.309 e. The summed E-state index contributed by atoms with van der Waals surface area (Å²) in [6.45, 7) is 1.80. The van der Waals surface area contributed by atoms with Crippen LogP contribution in [0.1, 0.15) is 13.3 Å². The highest BCUT2D eigenvalue weighted by Gasteiger charge is 2.37. The molecule has 0 aromatic rings. The molecule has 0 aromatic heterocycles. The first kappa shape index (κ1) is 17.6. The summed E-state index contributed by atoms with van der Waals surface area (Å²) in [5, 5.41) is 0. The summed E-state index contributed by atoms with van der Waals surface area (Å²) in [5.41, 5.74) is 0. The minimum atomic E-state index is -1.09. The molecule has 1 atom stereocenters. The Morgan fingerprint density at radius 2 is 1.38 bits per heavy atom. The first-order valence-corrected chi connectivity index (χ1v) is 4.63. The van der Waals surface area contributed by atoms with Crippen LogP contribution < -0.4 is 0 Å². The van der Waals surface area contributed by atoms with Gasteiger partial charge < -0.3 is 28.5 Å². The van der Waals surface area contributed by atoms with E-state index in [9.17, 15) is 9.59 Å². The van der Waals surface area contributed by atoms with Crippen molar-refractivity contribution in [3.63, 3.8) is 0 Å². The quantitative estimate of drug-likeness (QED) is 0.362. The van der Waals surface area contributed by atoms with Crippen molar-refractivity contribution < 1.29 is 28.5 Å². The van der Waals surface area contributed by atoms with E-state index < -0.39 is 5.97 Å². The molecular formula is C10H20O6. The van der Waals surface area contributed by atoms with Gasteiger partial charge in [-0.05, 0) is 6.92 Å². The van der Waals surface area contributed by atoms with Crippen molar-refractivity contribution in [3.8, 4) is 0 Å². The molecule has 0 saturated heterocycles. The summed E-state index contributed by atoms with van der Waals surface area (Å²) in [7, 11) is 6.07. The molecule has 0 spiro atoms. The zero-order chi connectivity index (χ0) is 13.0. The molecule has 0 rings (SSSR count). The molecule has 0 bridgehead atoms. The lowest BCUT2D eigenvalue weighted by Crippen LogP contribution is -2.47. The highest BCUT2D eigenvalue weighted by atomic mass is 16.9. The molecule has 0 fully saturated rings. The molecule has 0 heterocycles. The van der Waals surface area contributed by atoms with Gasteiger partial charge in [-0.3, -0.25) is 0 Å². The standard InChI is InChI=1S/C7H16O4.C3H4O2/c1-6(8-2)7(9-3,10-4)11-5;4-2-1-3-5/h6H,1-5H3;2-3H,1H2. The van der Waals surface area contributed by atoms with Gasteiger partial charge in [0.15, 0.2) is 0 Å². The Labute approximate surface area is 95.8 Å². The second-order valence-electron chi connectivity index (χ2n) is 2.66. The Kier molecular flexibility index (Phi) is 11.7. The van der Waals surface area contributed by atoms with Gasteiger partial charge in [-0.2, -0.15) is 0 Å². The lowest BCUT2D eigenvalue weighted by molar-refractivity contribution is -0.388. The predicted octanol–water partition coefficient (Wildman–Crippen LogP) is 0.389. The molecular weight excluding hydrogens is 216 g/mol. The SMILES string of the molecule is COC(C)C(OC)(OC)OC.O=CCC=O. The van der Waals surface area contributed by atoms with Gasteiger partial charge in [-0.1, -0.05) is 0 Å². The van der Waals surface area contributed by atoms with E-state index in [1.54, 1.807) is 14.0 Å². The largest absolute Gasteiger partial charge is 0.373 e. The summed E-state index contributed by atoms with van der Waals surface area (Å²) in [6.07, 6.45) is 0.877. The highest BCUT2D eigenvalue weighted by molar-refractivity contribution is 5.72. The van der Waals surface area contributed by atoms with Crippen molar-refractivity contribution in [3.05, 3.63) is 0 Å². The monoisotopic (exact) mass is 236 g/mol. The molecule has 0 aliphatic carbocycles. The lowest BCUT2D eigenvalue weighted by Gasteiger charge is -2.32. The van der Waals surface area contributed by atoms with E-state index in [0.29, 0.717) is 12.6 Å². The van der Waals surface area contributed by atoms with E-state index in [0.717, 1.165) is 0 Å². The molecule has 0 radical (unpaired) electrons. The zero-order valence-corrected chi connectivity index (χ0v) is 10.4. The van der Waals surface area contributed by atoms with Gasteiger partial charge >= 0.3 is 5.97 Å². The second kappa shape index (κ2) is 10.7. The Morgan fingerprint density at radius 1 is 1.00 bits per heavy atom. The summed E-state index contributed by atoms with van der Waals surface area (Å²) in [4.78, 5) is 18.3. The molecule has 0 aromatic carbocycles. The van der Waals surface area contributed by atoms with Gasteiger partial charge in [0, 0.05) is 28.4 Å². The van der Waals surface area contributed by atoms with Crippen LogP contribution in [0.25, 0.3) is 0 Å². The summed E-state index contributed by atoms with van der Waals surface area (Å²) < 4.78 is 20.1. The number of methoxy groups -OCH3 is 4. The zero-order valence-electron chi connectivity index (χ0n) is 10.4. The number of aldehydes is 2. The number of ether oxygens (including phenoxy) is 4. The summed E-state index contributed by atoms with van der Waals surface area (Å²) in [5.74, 6) is -1.09. The van der Waals surface area contributed by atoms with E-state index >= 15 is 0 Å². The Bertz CT molecular complexity index is 164. The normalized spacial score (nSPS) is 12.3. The van der Waals surface area contributed by atoms with Crippen LogP contribution in [0.15, 0.2) is 0 Å². The summed E-state index contributed by atoms with van der Waals surface area (Å²) >= 11 is 0. The number of hydrogen-bond donors (Lipinski definition) is 0. The average Bonchev–Trinajstić information content (AvgIpc) is 2.33. The maximum atomic E-state index is 9.17. The van der Waals surface area contributed by atoms with Crippen LogP contribution in [0.5, 0.6) is 0 Å². The van der Waals surface area contributed by atoms with Gasteiger partial charge in [0.05, 0.1) is 6.42 Å². The van der Waals surface area contributed by atoms with Crippen LogP contribution in [0.4, 0.5) is 0 Å². The summed E-state index contributed by atoms with van der Waals surface area (Å²) in [6, 6.07) is 0. The molecule has 16 heavy (non-hydrogen) atoms. The van der Waals surface area contributed by atoms with E-state index in [1.165, 1.54) is 21.3 Å². The first-order chi connectivity index (χ1) is 7.58. The van der Waals surface area contributed by atoms with Gasteiger partial charge in [0.1, 0.15) is 18.7 Å². The molecule has 6 nitrogen and oxygen atoms in total. The van der Waals surface area contributed by atoms with Crippen molar-refractivity contribution >= 4 is 12.6 Å². The van der Waals surface area contributed by atoms with Gasteiger partial charge in [0.25, 0.3) is 0 Å². The topological polar surface area (TPSA) is 71.1 Å². The van der Waals surface area contributed by atoms with Gasteiger partial charge in [-0.25, -0.2) is 0 Å². The Morgan fingerprint density at radius 3 is 1.44 bits per heavy atom. The van der Waals surface area contributed by atoms with Crippen molar-refractivity contribution in [2.75, 3.05) is 28.4 Å². The third-order valence-corrected chi connectivity index (χ3v) is 1.90. The third-order valence-electron chi connectivity index (χ3n) is 1.90. The van der Waals surface area contributed by atoms with E-state index in [2.05, 4.69) is 0 Å². The van der Waals surface area contributed by atoms with Crippen molar-refractivity contribution in [1.29, 1.82) is 0 Å². The van der Waals surface area contributed by atoms with Crippen LogP contribution in [0.3, 0.4) is 0 Å².